The number of aryl methyl sites for hydroxylation is 1. The van der Waals surface area contributed by atoms with Gasteiger partial charge in [-0.1, -0.05) is 26.8 Å². The maximum atomic E-state index is 12.4. The first-order chi connectivity index (χ1) is 10.3. The number of benzene rings is 1. The molecule has 0 bridgehead atoms. The predicted octanol–water partition coefficient (Wildman–Crippen LogP) is 2.93. The van der Waals surface area contributed by atoms with Crippen LogP contribution in [0.2, 0.25) is 0 Å². The Hall–Kier alpha value is -1.39. The van der Waals surface area contributed by atoms with Crippen molar-refractivity contribution in [3.63, 3.8) is 0 Å². The van der Waals surface area contributed by atoms with Gasteiger partial charge in [-0.2, -0.15) is 0 Å². The molecule has 0 fully saturated rings. The number of ether oxygens (including phenoxy) is 1. The molecular formula is C18H28N2O2. The third-order valence-corrected chi connectivity index (χ3v) is 4.68. The van der Waals surface area contributed by atoms with Crippen LogP contribution in [0.25, 0.3) is 0 Å². The molecule has 1 aromatic carbocycles. The molecule has 0 aromatic heterocycles. The summed E-state index contributed by atoms with van der Waals surface area (Å²) < 4.78 is 5.03. The highest BCUT2D eigenvalue weighted by Gasteiger charge is 2.34. The third-order valence-electron chi connectivity index (χ3n) is 4.68. The summed E-state index contributed by atoms with van der Waals surface area (Å²) in [5, 5.41) is 0. The number of hydrogen-bond donors (Lipinski definition) is 1. The fraction of sp³-hybridized carbons (Fsp3) is 0.611. The van der Waals surface area contributed by atoms with Gasteiger partial charge in [-0.15, -0.1) is 0 Å². The smallest absolute Gasteiger partial charge is 0.252 e. The molecule has 4 nitrogen and oxygen atoms in total. The zero-order valence-electron chi connectivity index (χ0n) is 14.4. The summed E-state index contributed by atoms with van der Waals surface area (Å²) in [6.07, 6.45) is 1.91. The lowest BCUT2D eigenvalue weighted by molar-refractivity contribution is -0.122. The monoisotopic (exact) mass is 304 g/mol. The van der Waals surface area contributed by atoms with Crippen molar-refractivity contribution < 1.29 is 9.53 Å². The highest BCUT2D eigenvalue weighted by atomic mass is 16.5. The van der Waals surface area contributed by atoms with E-state index >= 15 is 0 Å². The first-order valence-electron chi connectivity index (χ1n) is 8.04. The minimum Gasteiger partial charge on any atom is -0.375 e. The summed E-state index contributed by atoms with van der Waals surface area (Å²) in [4.78, 5) is 14.2. The normalized spacial score (nSPS) is 18.0. The molecule has 22 heavy (non-hydrogen) atoms. The Morgan fingerprint density at radius 2 is 2.14 bits per heavy atom. The first-order valence-corrected chi connectivity index (χ1v) is 8.04. The van der Waals surface area contributed by atoms with Gasteiger partial charge >= 0.3 is 0 Å². The van der Waals surface area contributed by atoms with Gasteiger partial charge in [0.25, 0.3) is 5.91 Å². The van der Waals surface area contributed by atoms with Crippen LogP contribution in [0.3, 0.4) is 0 Å². The zero-order valence-corrected chi connectivity index (χ0v) is 14.4. The number of fused-ring (bicyclic) bond motifs is 1. The van der Waals surface area contributed by atoms with Gasteiger partial charge < -0.3 is 15.4 Å². The maximum absolute atomic E-state index is 12.4. The van der Waals surface area contributed by atoms with Crippen molar-refractivity contribution in [1.29, 1.82) is 0 Å². The van der Waals surface area contributed by atoms with E-state index in [2.05, 4.69) is 32.9 Å². The fourth-order valence-corrected chi connectivity index (χ4v) is 3.25. The predicted molar refractivity (Wildman–Crippen MR) is 90.3 cm³/mol. The molecule has 1 atom stereocenters. The number of nitrogens with zero attached hydrogens (tertiary/aromatic N) is 1. The molecule has 0 radical (unpaired) electrons. The van der Waals surface area contributed by atoms with Gasteiger partial charge in [-0.25, -0.2) is 0 Å². The average Bonchev–Trinajstić information content (AvgIpc) is 2.46. The van der Waals surface area contributed by atoms with E-state index in [1.165, 1.54) is 11.1 Å². The van der Waals surface area contributed by atoms with Crippen molar-refractivity contribution in [2.24, 2.45) is 5.73 Å². The van der Waals surface area contributed by atoms with E-state index in [1.807, 2.05) is 11.8 Å². The Balaban J connectivity index is 2.59. The molecule has 122 valence electrons. The van der Waals surface area contributed by atoms with E-state index in [0.29, 0.717) is 0 Å². The van der Waals surface area contributed by atoms with Gasteiger partial charge in [-0.05, 0) is 47.9 Å². The standard InChI is InChI=1S/C18H28N2O2/c1-6-13-9-15-16(10-14(13)12(2)19)20(17(21)11-22-5)8-7-18(15,3)4/h9-10,12H,6-8,11,19H2,1-5H3/t12-/m0/s1. The number of methoxy groups -OCH3 is 1. The summed E-state index contributed by atoms with van der Waals surface area (Å²) in [5.74, 6) is 0.0131. The highest BCUT2D eigenvalue weighted by Crippen LogP contribution is 2.42. The van der Waals surface area contributed by atoms with Crippen molar-refractivity contribution in [3.05, 3.63) is 28.8 Å². The van der Waals surface area contributed by atoms with Crippen LogP contribution in [0.5, 0.6) is 0 Å². The van der Waals surface area contributed by atoms with E-state index in [1.54, 1.807) is 7.11 Å². The summed E-state index contributed by atoms with van der Waals surface area (Å²) in [5.41, 5.74) is 10.9. The maximum Gasteiger partial charge on any atom is 0.252 e. The number of anilines is 1. The number of amides is 1. The van der Waals surface area contributed by atoms with Crippen LogP contribution in [0, 0.1) is 0 Å². The van der Waals surface area contributed by atoms with Crippen LogP contribution >= 0.6 is 0 Å². The minimum absolute atomic E-state index is 0.0131. The molecule has 0 aliphatic carbocycles. The molecule has 0 saturated carbocycles. The molecule has 4 heteroatoms. The van der Waals surface area contributed by atoms with Crippen molar-refractivity contribution in [2.45, 2.75) is 52.0 Å². The minimum atomic E-state index is -0.0373. The van der Waals surface area contributed by atoms with Crippen LogP contribution in [-0.2, 0) is 21.4 Å². The van der Waals surface area contributed by atoms with E-state index < -0.39 is 0 Å². The van der Waals surface area contributed by atoms with Crippen molar-refractivity contribution >= 4 is 11.6 Å². The Kier molecular flexibility index (Phi) is 4.93. The van der Waals surface area contributed by atoms with Gasteiger partial charge in [0.15, 0.2) is 0 Å². The third kappa shape index (κ3) is 3.03. The Morgan fingerprint density at radius 3 is 2.68 bits per heavy atom. The van der Waals surface area contributed by atoms with Crippen molar-refractivity contribution in [3.8, 4) is 0 Å². The molecule has 1 aliphatic rings. The molecule has 0 unspecified atom stereocenters. The van der Waals surface area contributed by atoms with Crippen molar-refractivity contribution in [1.82, 2.24) is 0 Å². The summed E-state index contributed by atoms with van der Waals surface area (Å²) in [6, 6.07) is 4.33. The molecule has 1 heterocycles. The lowest BCUT2D eigenvalue weighted by Crippen LogP contribution is -2.42. The second-order valence-corrected chi connectivity index (χ2v) is 6.82. The van der Waals surface area contributed by atoms with E-state index in [9.17, 15) is 4.79 Å². The average molecular weight is 304 g/mol. The zero-order chi connectivity index (χ0) is 16.5. The summed E-state index contributed by atoms with van der Waals surface area (Å²) in [6.45, 7) is 9.48. The number of hydrogen-bond acceptors (Lipinski definition) is 3. The lowest BCUT2D eigenvalue weighted by atomic mass is 9.75. The molecule has 2 rings (SSSR count). The van der Waals surface area contributed by atoms with Crippen LogP contribution in [0.15, 0.2) is 12.1 Å². The van der Waals surface area contributed by atoms with E-state index in [4.69, 9.17) is 10.5 Å². The summed E-state index contributed by atoms with van der Waals surface area (Å²) in [7, 11) is 1.56. The van der Waals surface area contributed by atoms with Gasteiger partial charge in [0.1, 0.15) is 6.61 Å². The van der Waals surface area contributed by atoms with Gasteiger partial charge in [-0.3, -0.25) is 4.79 Å². The molecule has 1 aromatic rings. The second kappa shape index (κ2) is 6.39. The van der Waals surface area contributed by atoms with Crippen LogP contribution in [0.4, 0.5) is 5.69 Å². The quantitative estimate of drug-likeness (QED) is 0.930. The number of nitrogens with two attached hydrogens (primary N) is 1. The molecular weight excluding hydrogens is 276 g/mol. The largest absolute Gasteiger partial charge is 0.375 e. The Labute approximate surface area is 133 Å². The first kappa shape index (κ1) is 17.0. The number of carbonyl (C=O) groups is 1. The van der Waals surface area contributed by atoms with Crippen LogP contribution < -0.4 is 10.6 Å². The van der Waals surface area contributed by atoms with Gasteiger partial charge in [0.05, 0.1) is 0 Å². The Morgan fingerprint density at radius 1 is 1.45 bits per heavy atom. The van der Waals surface area contributed by atoms with Gasteiger partial charge in [0, 0.05) is 25.4 Å². The number of rotatable bonds is 4. The van der Waals surface area contributed by atoms with E-state index in [0.717, 1.165) is 30.6 Å². The number of carbonyl (C=O) groups excluding carboxylic acids is 1. The lowest BCUT2D eigenvalue weighted by Gasteiger charge is -2.40. The molecule has 0 spiro atoms. The molecule has 0 saturated heterocycles. The SMILES string of the molecule is CCc1cc2c(cc1[C@H](C)N)N(C(=O)COC)CCC2(C)C. The van der Waals surface area contributed by atoms with Crippen LogP contribution in [-0.4, -0.2) is 26.2 Å². The molecule has 2 N–H and O–H groups in total. The second-order valence-electron chi connectivity index (χ2n) is 6.82. The van der Waals surface area contributed by atoms with Crippen LogP contribution in [0.1, 0.15) is 56.8 Å². The highest BCUT2D eigenvalue weighted by molar-refractivity contribution is 5.96. The Bertz CT molecular complexity index is 564. The van der Waals surface area contributed by atoms with Gasteiger partial charge in [0.2, 0.25) is 0 Å². The fourth-order valence-electron chi connectivity index (χ4n) is 3.25. The molecule has 1 amide bonds. The van der Waals surface area contributed by atoms with E-state index in [-0.39, 0.29) is 24.0 Å². The van der Waals surface area contributed by atoms with Crippen molar-refractivity contribution in [2.75, 3.05) is 25.2 Å². The topological polar surface area (TPSA) is 55.6 Å². The molecule has 1 aliphatic heterocycles. The summed E-state index contributed by atoms with van der Waals surface area (Å²) >= 11 is 0.